The maximum absolute atomic E-state index is 8.61. The van der Waals surface area contributed by atoms with E-state index in [-0.39, 0.29) is 5.84 Å². The van der Waals surface area contributed by atoms with E-state index in [0.717, 1.165) is 17.7 Å². The van der Waals surface area contributed by atoms with Gasteiger partial charge in [0.2, 0.25) is 0 Å². The molecule has 0 amide bonds. The van der Waals surface area contributed by atoms with Gasteiger partial charge < -0.3 is 16.3 Å². The van der Waals surface area contributed by atoms with Gasteiger partial charge in [-0.1, -0.05) is 35.5 Å². The minimum absolute atomic E-state index is 0.131. The summed E-state index contributed by atoms with van der Waals surface area (Å²) in [6.07, 6.45) is 1.78. The van der Waals surface area contributed by atoms with Crippen LogP contribution in [0.15, 0.2) is 42.1 Å². The molecule has 0 bridgehead atoms. The molecular weight excluding hydrogens is 190 g/mol. The molecule has 0 saturated heterocycles. The largest absolute Gasteiger partial charge is 0.409 e. The average molecular weight is 205 g/mol. The van der Waals surface area contributed by atoms with Crippen LogP contribution in [0, 0.1) is 0 Å². The molecule has 0 fully saturated rings. The highest BCUT2D eigenvalue weighted by Crippen LogP contribution is 2.07. The summed E-state index contributed by atoms with van der Waals surface area (Å²) in [4.78, 5) is 0. The van der Waals surface area contributed by atoms with Crippen molar-refractivity contribution in [3.8, 4) is 0 Å². The van der Waals surface area contributed by atoms with Gasteiger partial charge in [0.1, 0.15) is 0 Å². The Morgan fingerprint density at radius 3 is 2.93 bits per heavy atom. The van der Waals surface area contributed by atoms with Gasteiger partial charge in [0.25, 0.3) is 0 Å². The molecule has 0 radical (unpaired) electrons. The Morgan fingerprint density at radius 1 is 1.53 bits per heavy atom. The van der Waals surface area contributed by atoms with E-state index in [9.17, 15) is 0 Å². The second-order valence-electron chi connectivity index (χ2n) is 3.06. The first kappa shape index (κ1) is 11.3. The third-order valence-electron chi connectivity index (χ3n) is 2.01. The van der Waals surface area contributed by atoms with E-state index in [1.807, 2.05) is 24.3 Å². The predicted molar refractivity (Wildman–Crippen MR) is 60.9 cm³/mol. The maximum atomic E-state index is 8.61. The summed E-state index contributed by atoms with van der Waals surface area (Å²) in [5.74, 6) is 0.131. The van der Waals surface area contributed by atoms with Gasteiger partial charge in [0, 0.05) is 18.7 Å². The van der Waals surface area contributed by atoms with Crippen molar-refractivity contribution < 1.29 is 5.21 Å². The quantitative estimate of drug-likeness (QED) is 0.168. The zero-order valence-electron chi connectivity index (χ0n) is 8.48. The van der Waals surface area contributed by atoms with Gasteiger partial charge in [0.15, 0.2) is 5.84 Å². The molecule has 0 saturated carbocycles. The van der Waals surface area contributed by atoms with Crippen LogP contribution < -0.4 is 11.1 Å². The second-order valence-corrected chi connectivity index (χ2v) is 3.06. The Kier molecular flexibility index (Phi) is 4.37. The number of rotatable bonds is 5. The van der Waals surface area contributed by atoms with E-state index >= 15 is 0 Å². The summed E-state index contributed by atoms with van der Waals surface area (Å²) in [6, 6.07) is 7.52. The molecule has 1 aromatic carbocycles. The molecule has 4 N–H and O–H groups in total. The van der Waals surface area contributed by atoms with Gasteiger partial charge in [-0.25, -0.2) is 0 Å². The van der Waals surface area contributed by atoms with E-state index in [4.69, 9.17) is 10.9 Å². The molecule has 0 heterocycles. The Morgan fingerprint density at radius 2 is 2.27 bits per heavy atom. The second kappa shape index (κ2) is 5.82. The van der Waals surface area contributed by atoms with Crippen LogP contribution in [0.5, 0.6) is 0 Å². The van der Waals surface area contributed by atoms with E-state index in [0.29, 0.717) is 6.54 Å². The highest BCUT2D eigenvalue weighted by molar-refractivity contribution is 5.98. The summed E-state index contributed by atoms with van der Waals surface area (Å²) in [5, 5.41) is 14.8. The van der Waals surface area contributed by atoms with Crippen LogP contribution in [0.1, 0.15) is 11.1 Å². The highest BCUT2D eigenvalue weighted by atomic mass is 16.4. The average Bonchev–Trinajstić information content (AvgIpc) is 2.29. The van der Waals surface area contributed by atoms with Crippen molar-refractivity contribution in [2.45, 2.75) is 6.54 Å². The van der Waals surface area contributed by atoms with Crippen molar-refractivity contribution in [1.29, 1.82) is 0 Å². The number of nitrogens with two attached hydrogens (primary N) is 1. The van der Waals surface area contributed by atoms with Crippen LogP contribution in [-0.2, 0) is 6.54 Å². The van der Waals surface area contributed by atoms with Crippen LogP contribution in [0.4, 0.5) is 0 Å². The molecule has 0 aliphatic heterocycles. The fourth-order valence-electron chi connectivity index (χ4n) is 1.29. The number of benzene rings is 1. The first-order valence-corrected chi connectivity index (χ1v) is 4.67. The lowest BCUT2D eigenvalue weighted by atomic mass is 10.1. The van der Waals surface area contributed by atoms with Crippen LogP contribution in [0.25, 0.3) is 0 Å². The Labute approximate surface area is 89.1 Å². The molecule has 0 aliphatic carbocycles. The number of amidine groups is 1. The van der Waals surface area contributed by atoms with Crippen molar-refractivity contribution in [1.82, 2.24) is 5.32 Å². The summed E-state index contributed by atoms with van der Waals surface area (Å²) in [6.45, 7) is 5.01. The van der Waals surface area contributed by atoms with E-state index in [2.05, 4.69) is 17.1 Å². The lowest BCUT2D eigenvalue weighted by molar-refractivity contribution is 0.318. The van der Waals surface area contributed by atoms with E-state index in [1.165, 1.54) is 0 Å². The molecule has 0 aromatic heterocycles. The van der Waals surface area contributed by atoms with Crippen molar-refractivity contribution in [2.24, 2.45) is 10.9 Å². The van der Waals surface area contributed by atoms with Gasteiger partial charge >= 0.3 is 0 Å². The smallest absolute Gasteiger partial charge is 0.170 e. The molecule has 0 atom stereocenters. The van der Waals surface area contributed by atoms with Crippen LogP contribution in [-0.4, -0.2) is 17.6 Å². The van der Waals surface area contributed by atoms with Gasteiger partial charge in [-0.3, -0.25) is 0 Å². The molecular formula is C11H15N3O. The first-order chi connectivity index (χ1) is 7.29. The summed E-state index contributed by atoms with van der Waals surface area (Å²) < 4.78 is 0. The SMILES string of the molecule is C=CCNCc1ccccc1C(N)=NO. The molecule has 1 aromatic rings. The Bertz CT molecular complexity index is 361. The van der Waals surface area contributed by atoms with E-state index < -0.39 is 0 Å². The molecule has 0 aliphatic rings. The first-order valence-electron chi connectivity index (χ1n) is 4.67. The van der Waals surface area contributed by atoms with Gasteiger partial charge in [-0.2, -0.15) is 0 Å². The topological polar surface area (TPSA) is 70.6 Å². The normalized spacial score (nSPS) is 11.3. The van der Waals surface area contributed by atoms with Gasteiger partial charge in [0.05, 0.1) is 0 Å². The number of hydrogen-bond donors (Lipinski definition) is 3. The summed E-state index contributed by atoms with van der Waals surface area (Å²) in [5.41, 5.74) is 7.29. The zero-order chi connectivity index (χ0) is 11.1. The zero-order valence-corrected chi connectivity index (χ0v) is 8.48. The van der Waals surface area contributed by atoms with E-state index in [1.54, 1.807) is 6.08 Å². The standard InChI is InChI=1S/C11H15N3O/c1-2-7-13-8-9-5-3-4-6-10(9)11(12)14-15/h2-6,13,15H,1,7-8H2,(H2,12,14). The predicted octanol–water partition coefficient (Wildman–Crippen LogP) is 1.06. The minimum Gasteiger partial charge on any atom is -0.409 e. The summed E-state index contributed by atoms with van der Waals surface area (Å²) in [7, 11) is 0. The molecule has 15 heavy (non-hydrogen) atoms. The molecule has 1 rings (SSSR count). The number of hydrogen-bond acceptors (Lipinski definition) is 3. The molecule has 4 nitrogen and oxygen atoms in total. The van der Waals surface area contributed by atoms with Crippen molar-refractivity contribution in [3.63, 3.8) is 0 Å². The monoisotopic (exact) mass is 205 g/mol. The van der Waals surface area contributed by atoms with Crippen LogP contribution in [0.3, 0.4) is 0 Å². The molecule has 0 unspecified atom stereocenters. The van der Waals surface area contributed by atoms with Crippen molar-refractivity contribution >= 4 is 5.84 Å². The van der Waals surface area contributed by atoms with Crippen LogP contribution in [0.2, 0.25) is 0 Å². The summed E-state index contributed by atoms with van der Waals surface area (Å²) >= 11 is 0. The number of nitrogens with one attached hydrogen (secondary N) is 1. The highest BCUT2D eigenvalue weighted by Gasteiger charge is 2.04. The van der Waals surface area contributed by atoms with Gasteiger partial charge in [-0.15, -0.1) is 6.58 Å². The van der Waals surface area contributed by atoms with Crippen molar-refractivity contribution in [3.05, 3.63) is 48.0 Å². The maximum Gasteiger partial charge on any atom is 0.170 e. The fourth-order valence-corrected chi connectivity index (χ4v) is 1.29. The molecule has 4 heteroatoms. The van der Waals surface area contributed by atoms with Crippen LogP contribution >= 0.6 is 0 Å². The Balaban J connectivity index is 2.81. The fraction of sp³-hybridized carbons (Fsp3) is 0.182. The third-order valence-corrected chi connectivity index (χ3v) is 2.01. The third kappa shape index (κ3) is 3.11. The van der Waals surface area contributed by atoms with Gasteiger partial charge in [-0.05, 0) is 5.56 Å². The lowest BCUT2D eigenvalue weighted by Gasteiger charge is -2.07. The lowest BCUT2D eigenvalue weighted by Crippen LogP contribution is -2.19. The molecule has 80 valence electrons. The molecule has 0 spiro atoms. The van der Waals surface area contributed by atoms with Crippen molar-refractivity contribution in [2.75, 3.05) is 6.54 Å². The number of nitrogens with zero attached hydrogens (tertiary/aromatic N) is 1. The number of oxime groups is 1. The Hall–Kier alpha value is -1.81. The minimum atomic E-state index is 0.131.